The van der Waals surface area contributed by atoms with E-state index in [-0.39, 0.29) is 11.8 Å². The summed E-state index contributed by atoms with van der Waals surface area (Å²) in [6.07, 6.45) is 2.28. The molecule has 0 N–H and O–H groups in total. The van der Waals surface area contributed by atoms with Gasteiger partial charge in [0.15, 0.2) is 0 Å². The fourth-order valence-electron chi connectivity index (χ4n) is 3.47. The number of hydrogen-bond donors (Lipinski definition) is 0. The van der Waals surface area contributed by atoms with E-state index in [9.17, 15) is 4.79 Å². The van der Waals surface area contributed by atoms with Crippen molar-refractivity contribution in [3.63, 3.8) is 0 Å². The molecule has 1 amide bonds. The van der Waals surface area contributed by atoms with Crippen molar-refractivity contribution in [3.05, 3.63) is 65.5 Å². The van der Waals surface area contributed by atoms with E-state index in [0.29, 0.717) is 18.9 Å². The maximum absolute atomic E-state index is 12.8. The molecule has 0 aliphatic carbocycles. The average molecular weight is 324 g/mol. The van der Waals surface area contributed by atoms with Crippen LogP contribution < -0.4 is 0 Å². The summed E-state index contributed by atoms with van der Waals surface area (Å²) in [4.78, 5) is 19.2. The first-order valence-corrected chi connectivity index (χ1v) is 8.41. The highest BCUT2D eigenvalue weighted by atomic mass is 16.5. The molecule has 3 rings (SSSR count). The van der Waals surface area contributed by atoms with Crippen molar-refractivity contribution in [2.75, 3.05) is 26.8 Å². The van der Waals surface area contributed by atoms with Crippen LogP contribution in [0.2, 0.25) is 0 Å². The van der Waals surface area contributed by atoms with Crippen LogP contribution in [0.25, 0.3) is 0 Å². The van der Waals surface area contributed by atoms with Crippen LogP contribution in [0, 0.1) is 12.8 Å². The number of aromatic nitrogens is 1. The van der Waals surface area contributed by atoms with Gasteiger partial charge in [0.25, 0.3) is 0 Å². The molecular weight excluding hydrogens is 300 g/mol. The lowest BCUT2D eigenvalue weighted by Gasteiger charge is -2.17. The molecule has 4 nitrogen and oxygen atoms in total. The Morgan fingerprint density at radius 2 is 2.00 bits per heavy atom. The number of benzene rings is 1. The van der Waals surface area contributed by atoms with Gasteiger partial charge in [-0.25, -0.2) is 0 Å². The average Bonchev–Trinajstić information content (AvgIpc) is 3.02. The van der Waals surface area contributed by atoms with Crippen LogP contribution >= 0.6 is 0 Å². The zero-order valence-electron chi connectivity index (χ0n) is 14.3. The van der Waals surface area contributed by atoms with E-state index >= 15 is 0 Å². The van der Waals surface area contributed by atoms with Gasteiger partial charge in [0.05, 0.1) is 13.0 Å². The van der Waals surface area contributed by atoms with Crippen LogP contribution in [0.5, 0.6) is 0 Å². The molecule has 0 radical (unpaired) electrons. The van der Waals surface area contributed by atoms with Crippen LogP contribution in [0.3, 0.4) is 0 Å². The van der Waals surface area contributed by atoms with Gasteiger partial charge in [-0.1, -0.05) is 30.3 Å². The minimum Gasteiger partial charge on any atom is -0.384 e. The lowest BCUT2D eigenvalue weighted by molar-refractivity contribution is -0.129. The fraction of sp³-hybridized carbons (Fsp3) is 0.400. The number of amides is 1. The molecule has 126 valence electrons. The lowest BCUT2D eigenvalue weighted by atomic mass is 9.93. The molecule has 0 saturated carbocycles. The first-order chi connectivity index (χ1) is 11.7. The van der Waals surface area contributed by atoms with Gasteiger partial charge in [-0.05, 0) is 30.2 Å². The van der Waals surface area contributed by atoms with E-state index in [1.165, 1.54) is 5.56 Å². The van der Waals surface area contributed by atoms with Gasteiger partial charge in [0.1, 0.15) is 0 Å². The van der Waals surface area contributed by atoms with Crippen LogP contribution in [0.15, 0.2) is 48.7 Å². The van der Waals surface area contributed by atoms with Crippen molar-refractivity contribution in [2.24, 2.45) is 5.92 Å². The Kier molecular flexibility index (Phi) is 5.26. The smallest absolute Gasteiger partial charge is 0.227 e. The quantitative estimate of drug-likeness (QED) is 0.849. The van der Waals surface area contributed by atoms with E-state index in [0.717, 1.165) is 24.3 Å². The second kappa shape index (κ2) is 7.58. The number of likely N-dealkylation sites (tertiary alicyclic amines) is 1. The maximum Gasteiger partial charge on any atom is 0.227 e. The van der Waals surface area contributed by atoms with Gasteiger partial charge >= 0.3 is 0 Å². The number of carbonyl (C=O) groups excluding carboxylic acids is 1. The highest BCUT2D eigenvalue weighted by Gasteiger charge is 2.36. The van der Waals surface area contributed by atoms with Crippen LogP contribution in [-0.2, 0) is 16.0 Å². The third kappa shape index (κ3) is 3.65. The second-order valence-electron chi connectivity index (χ2n) is 6.48. The Labute approximate surface area is 143 Å². The number of rotatable bonds is 5. The zero-order chi connectivity index (χ0) is 16.9. The maximum atomic E-state index is 12.8. The number of aryl methyl sites for hydroxylation is 1. The molecule has 2 heterocycles. The summed E-state index contributed by atoms with van der Waals surface area (Å²) in [6, 6.07) is 14.1. The number of pyridine rings is 1. The van der Waals surface area contributed by atoms with Crippen molar-refractivity contribution in [2.45, 2.75) is 19.3 Å². The summed E-state index contributed by atoms with van der Waals surface area (Å²) in [5.74, 6) is 0.724. The summed E-state index contributed by atoms with van der Waals surface area (Å²) in [6.45, 7) is 4.15. The van der Waals surface area contributed by atoms with E-state index < -0.39 is 0 Å². The summed E-state index contributed by atoms with van der Waals surface area (Å²) in [7, 11) is 1.72. The van der Waals surface area contributed by atoms with Gasteiger partial charge in [-0.3, -0.25) is 9.78 Å². The molecule has 1 fully saturated rings. The second-order valence-corrected chi connectivity index (χ2v) is 6.48. The molecule has 1 aliphatic heterocycles. The molecule has 2 aromatic rings. The lowest BCUT2D eigenvalue weighted by Crippen LogP contribution is -2.30. The van der Waals surface area contributed by atoms with Crippen LogP contribution in [0.4, 0.5) is 0 Å². The Morgan fingerprint density at radius 1 is 1.21 bits per heavy atom. The largest absolute Gasteiger partial charge is 0.384 e. The monoisotopic (exact) mass is 324 g/mol. The standard InChI is InChI=1S/C20H24N2O2/c1-15-7-3-4-8-16(15)11-20(23)22-12-17(14-24-2)18(13-22)19-9-5-6-10-21-19/h3-10,17-18H,11-14H2,1-2H3/t17-,18+/m0/s1. The van der Waals surface area contributed by atoms with E-state index in [1.807, 2.05) is 47.5 Å². The first-order valence-electron chi connectivity index (χ1n) is 8.41. The summed E-state index contributed by atoms with van der Waals surface area (Å²) < 4.78 is 5.38. The zero-order valence-corrected chi connectivity index (χ0v) is 14.3. The van der Waals surface area contributed by atoms with Gasteiger partial charge in [-0.15, -0.1) is 0 Å². The van der Waals surface area contributed by atoms with Gasteiger partial charge < -0.3 is 9.64 Å². The molecule has 0 unspecified atom stereocenters. The first kappa shape index (κ1) is 16.7. The summed E-state index contributed by atoms with van der Waals surface area (Å²) >= 11 is 0. The SMILES string of the molecule is COC[C@@H]1CN(C(=O)Cc2ccccc2C)C[C@H]1c1ccccn1. The Hall–Kier alpha value is -2.20. The van der Waals surface area contributed by atoms with Gasteiger partial charge in [0, 0.05) is 43.9 Å². The molecule has 1 aromatic heterocycles. The van der Waals surface area contributed by atoms with Crippen molar-refractivity contribution in [3.8, 4) is 0 Å². The molecule has 1 saturated heterocycles. The predicted octanol–water partition coefficient (Wildman–Crippen LogP) is 2.82. The van der Waals surface area contributed by atoms with E-state index in [2.05, 4.69) is 18.0 Å². The highest BCUT2D eigenvalue weighted by Crippen LogP contribution is 2.32. The number of ether oxygens (including phenoxy) is 1. The third-order valence-electron chi connectivity index (χ3n) is 4.85. The summed E-state index contributed by atoms with van der Waals surface area (Å²) in [5.41, 5.74) is 3.32. The van der Waals surface area contributed by atoms with E-state index in [4.69, 9.17) is 4.74 Å². The highest BCUT2D eigenvalue weighted by molar-refractivity contribution is 5.79. The van der Waals surface area contributed by atoms with Crippen molar-refractivity contribution in [1.82, 2.24) is 9.88 Å². The molecular formula is C20H24N2O2. The number of methoxy groups -OCH3 is 1. The molecule has 0 bridgehead atoms. The summed E-state index contributed by atoms with van der Waals surface area (Å²) in [5, 5.41) is 0. The van der Waals surface area contributed by atoms with Crippen LogP contribution in [-0.4, -0.2) is 42.6 Å². The third-order valence-corrected chi connectivity index (χ3v) is 4.85. The molecule has 24 heavy (non-hydrogen) atoms. The fourth-order valence-corrected chi connectivity index (χ4v) is 3.47. The van der Waals surface area contributed by atoms with Crippen molar-refractivity contribution >= 4 is 5.91 Å². The van der Waals surface area contributed by atoms with Crippen molar-refractivity contribution < 1.29 is 9.53 Å². The number of hydrogen-bond acceptors (Lipinski definition) is 3. The van der Waals surface area contributed by atoms with E-state index in [1.54, 1.807) is 7.11 Å². The van der Waals surface area contributed by atoms with Crippen molar-refractivity contribution in [1.29, 1.82) is 0 Å². The molecule has 1 aromatic carbocycles. The number of nitrogens with zero attached hydrogens (tertiary/aromatic N) is 2. The minimum absolute atomic E-state index is 0.184. The molecule has 2 atom stereocenters. The van der Waals surface area contributed by atoms with Gasteiger partial charge in [-0.2, -0.15) is 0 Å². The molecule has 0 spiro atoms. The Bertz CT molecular complexity index is 687. The topological polar surface area (TPSA) is 42.4 Å². The Balaban J connectivity index is 1.73. The number of carbonyl (C=O) groups is 1. The Morgan fingerprint density at radius 3 is 2.71 bits per heavy atom. The predicted molar refractivity (Wildman–Crippen MR) is 93.8 cm³/mol. The molecule has 1 aliphatic rings. The van der Waals surface area contributed by atoms with Crippen LogP contribution in [0.1, 0.15) is 22.7 Å². The van der Waals surface area contributed by atoms with Gasteiger partial charge in [0.2, 0.25) is 5.91 Å². The molecule has 4 heteroatoms. The normalized spacial score (nSPS) is 20.3. The minimum atomic E-state index is 0.184.